The first-order chi connectivity index (χ1) is 15.5. The molecule has 0 radical (unpaired) electrons. The number of carbonyl (C=O) groups is 2. The van der Waals surface area contributed by atoms with Gasteiger partial charge < -0.3 is 19.7 Å². The highest BCUT2D eigenvalue weighted by Gasteiger charge is 2.34. The number of esters is 1. The fraction of sp³-hybridized carbons (Fsp3) is 0.231. The van der Waals surface area contributed by atoms with Gasteiger partial charge in [-0.3, -0.25) is 0 Å². The lowest BCUT2D eigenvalue weighted by Gasteiger charge is -2.18. The average molecular weight is 434 g/mol. The minimum Gasteiger partial charge on any atom is -0.483 e. The first-order valence-corrected chi connectivity index (χ1v) is 10.4. The van der Waals surface area contributed by atoms with Gasteiger partial charge in [-0.25, -0.2) is 9.59 Å². The zero-order valence-corrected chi connectivity index (χ0v) is 17.6. The van der Waals surface area contributed by atoms with Crippen molar-refractivity contribution in [2.24, 2.45) is 0 Å². The van der Waals surface area contributed by atoms with E-state index in [2.05, 4.69) is 30.3 Å². The van der Waals surface area contributed by atoms with Crippen molar-refractivity contribution < 1.29 is 29.3 Å². The number of hydrogen-bond acceptors (Lipinski definition) is 5. The Morgan fingerprint density at radius 3 is 2.38 bits per heavy atom. The summed E-state index contributed by atoms with van der Waals surface area (Å²) >= 11 is 0. The van der Waals surface area contributed by atoms with E-state index in [9.17, 15) is 14.7 Å². The number of rotatable bonds is 11. The summed E-state index contributed by atoms with van der Waals surface area (Å²) in [6, 6.07) is 23.5. The third-order valence-electron chi connectivity index (χ3n) is 4.97. The van der Waals surface area contributed by atoms with E-state index in [1.54, 1.807) is 30.3 Å². The molecular formula is C26H26O6. The molecule has 0 aliphatic carbocycles. The molecule has 0 aliphatic heterocycles. The van der Waals surface area contributed by atoms with Crippen LogP contribution >= 0.6 is 0 Å². The molecule has 0 saturated heterocycles. The largest absolute Gasteiger partial charge is 0.483 e. The van der Waals surface area contributed by atoms with Gasteiger partial charge in [0, 0.05) is 0 Å². The van der Waals surface area contributed by atoms with Crippen molar-refractivity contribution in [2.45, 2.75) is 38.1 Å². The Morgan fingerprint density at radius 1 is 0.906 bits per heavy atom. The summed E-state index contributed by atoms with van der Waals surface area (Å²) in [5, 5.41) is 21.3. The van der Waals surface area contributed by atoms with Crippen LogP contribution in [0.25, 0.3) is 10.8 Å². The number of carboxylic acid groups (broad SMARTS) is 1. The lowest BCUT2D eigenvalue weighted by molar-refractivity contribution is -0.171. The standard InChI is InChI=1S/C26H26O6/c27-23(25(28)29)24(26(30)32-18-20-10-3-1-4-11-20)31-16-8-2-5-9-19-14-15-21-12-6-7-13-22(21)17-19/h1,3-4,6-8,10-17,23-24,27H,2,5,9,18H2,(H,28,29)/t23-,24-/m1/s1. The van der Waals surface area contributed by atoms with Crippen LogP contribution in [0.2, 0.25) is 0 Å². The van der Waals surface area contributed by atoms with Crippen molar-refractivity contribution >= 4 is 22.7 Å². The van der Waals surface area contributed by atoms with Gasteiger partial charge in [-0.2, -0.15) is 0 Å². The van der Waals surface area contributed by atoms with E-state index < -0.39 is 24.1 Å². The number of benzene rings is 3. The Morgan fingerprint density at radius 2 is 1.62 bits per heavy atom. The van der Waals surface area contributed by atoms with Crippen LogP contribution in [0.5, 0.6) is 0 Å². The molecule has 3 rings (SSSR count). The predicted octanol–water partition coefficient (Wildman–Crippen LogP) is 4.25. The Kier molecular flexibility index (Phi) is 8.40. The van der Waals surface area contributed by atoms with Crippen LogP contribution < -0.4 is 0 Å². The topological polar surface area (TPSA) is 93.1 Å². The van der Waals surface area contributed by atoms with Gasteiger partial charge >= 0.3 is 11.9 Å². The molecule has 6 nitrogen and oxygen atoms in total. The lowest BCUT2D eigenvalue weighted by atomic mass is 10.0. The minimum absolute atomic E-state index is 0.0403. The first kappa shape index (κ1) is 23.0. The number of fused-ring (bicyclic) bond motifs is 1. The maximum absolute atomic E-state index is 12.3. The van der Waals surface area contributed by atoms with E-state index in [-0.39, 0.29) is 6.61 Å². The van der Waals surface area contributed by atoms with Crippen molar-refractivity contribution in [3.63, 3.8) is 0 Å². The quantitative estimate of drug-likeness (QED) is 0.266. The zero-order valence-electron chi connectivity index (χ0n) is 17.6. The van der Waals surface area contributed by atoms with Gasteiger partial charge in [-0.15, -0.1) is 0 Å². The molecule has 0 aliphatic rings. The van der Waals surface area contributed by atoms with Gasteiger partial charge in [0.2, 0.25) is 6.10 Å². The highest BCUT2D eigenvalue weighted by Crippen LogP contribution is 2.17. The number of unbranched alkanes of at least 4 members (excludes halogenated alkanes) is 1. The molecule has 3 aromatic carbocycles. The summed E-state index contributed by atoms with van der Waals surface area (Å²) in [5.41, 5.74) is 1.97. The summed E-state index contributed by atoms with van der Waals surface area (Å²) in [4.78, 5) is 23.4. The molecule has 0 heterocycles. The van der Waals surface area contributed by atoms with Crippen LogP contribution in [0, 0.1) is 0 Å². The highest BCUT2D eigenvalue weighted by molar-refractivity contribution is 5.84. The van der Waals surface area contributed by atoms with Gasteiger partial charge in [-0.05, 0) is 47.2 Å². The molecule has 2 N–H and O–H groups in total. The number of allylic oxidation sites excluding steroid dienone is 1. The number of ether oxygens (including phenoxy) is 2. The van der Waals surface area contributed by atoms with Crippen LogP contribution in [-0.2, 0) is 32.1 Å². The number of aryl methyl sites for hydroxylation is 1. The molecule has 0 aromatic heterocycles. The third-order valence-corrected chi connectivity index (χ3v) is 4.97. The first-order valence-electron chi connectivity index (χ1n) is 10.4. The molecule has 166 valence electrons. The number of carbonyl (C=O) groups excluding carboxylic acids is 1. The summed E-state index contributed by atoms with van der Waals surface area (Å²) < 4.78 is 10.4. The molecule has 0 amide bonds. The Labute approximate surface area is 186 Å². The Balaban J connectivity index is 1.48. The molecule has 2 atom stereocenters. The van der Waals surface area contributed by atoms with E-state index >= 15 is 0 Å². The lowest BCUT2D eigenvalue weighted by Crippen LogP contribution is -2.41. The van der Waals surface area contributed by atoms with Crippen molar-refractivity contribution in [3.8, 4) is 0 Å². The number of aliphatic hydroxyl groups is 1. The molecule has 6 heteroatoms. The summed E-state index contributed by atoms with van der Waals surface area (Å²) in [6.45, 7) is -0.0403. The molecule has 3 aromatic rings. The van der Waals surface area contributed by atoms with Crippen LogP contribution in [0.4, 0.5) is 0 Å². The van der Waals surface area contributed by atoms with Crippen molar-refractivity contribution in [3.05, 3.63) is 96.3 Å². The maximum Gasteiger partial charge on any atom is 0.351 e. The molecule has 32 heavy (non-hydrogen) atoms. The minimum atomic E-state index is -2.03. The van der Waals surface area contributed by atoms with Crippen molar-refractivity contribution in [1.29, 1.82) is 0 Å². The Bertz CT molecular complexity index is 1060. The van der Waals surface area contributed by atoms with E-state index in [0.29, 0.717) is 6.42 Å². The SMILES string of the molecule is O=C(O)[C@H](O)[C@@H](OC=CCCCc1ccc2ccccc2c1)C(=O)OCc1ccccc1. The molecule has 0 saturated carbocycles. The van der Waals surface area contributed by atoms with Crippen LogP contribution in [-0.4, -0.2) is 34.4 Å². The number of hydrogen-bond donors (Lipinski definition) is 2. The average Bonchev–Trinajstić information content (AvgIpc) is 2.82. The van der Waals surface area contributed by atoms with E-state index in [4.69, 9.17) is 14.6 Å². The van der Waals surface area contributed by atoms with E-state index in [0.717, 1.165) is 18.4 Å². The highest BCUT2D eigenvalue weighted by atomic mass is 16.6. The normalized spacial score (nSPS) is 13.0. The zero-order chi connectivity index (χ0) is 22.8. The number of aliphatic carboxylic acids is 1. The molecular weight excluding hydrogens is 408 g/mol. The van der Waals surface area contributed by atoms with Crippen molar-refractivity contribution in [2.75, 3.05) is 0 Å². The molecule has 0 fully saturated rings. The van der Waals surface area contributed by atoms with Crippen molar-refractivity contribution in [1.82, 2.24) is 0 Å². The summed E-state index contributed by atoms with van der Waals surface area (Å²) in [7, 11) is 0. The molecule has 0 bridgehead atoms. The van der Waals surface area contributed by atoms with E-state index in [1.807, 2.05) is 18.2 Å². The second-order valence-electron chi connectivity index (χ2n) is 7.38. The van der Waals surface area contributed by atoms with Gasteiger partial charge in [0.25, 0.3) is 0 Å². The van der Waals surface area contributed by atoms with Crippen LogP contribution in [0.15, 0.2) is 85.1 Å². The molecule has 0 unspecified atom stereocenters. The van der Waals surface area contributed by atoms with Crippen LogP contribution in [0.3, 0.4) is 0 Å². The maximum atomic E-state index is 12.3. The van der Waals surface area contributed by atoms with Gasteiger partial charge in [0.05, 0.1) is 6.26 Å². The summed E-state index contributed by atoms with van der Waals surface area (Å²) in [6.07, 6.45) is 1.67. The van der Waals surface area contributed by atoms with Gasteiger partial charge in [-0.1, -0.05) is 72.8 Å². The van der Waals surface area contributed by atoms with Gasteiger partial charge in [0.1, 0.15) is 6.61 Å². The van der Waals surface area contributed by atoms with E-state index in [1.165, 1.54) is 22.6 Å². The fourth-order valence-corrected chi connectivity index (χ4v) is 3.23. The summed E-state index contributed by atoms with van der Waals surface area (Å²) in [5.74, 6) is -2.50. The predicted molar refractivity (Wildman–Crippen MR) is 121 cm³/mol. The molecule has 0 spiro atoms. The monoisotopic (exact) mass is 434 g/mol. The number of carboxylic acids is 1. The third kappa shape index (κ3) is 6.68. The van der Waals surface area contributed by atoms with Crippen LogP contribution in [0.1, 0.15) is 24.0 Å². The van der Waals surface area contributed by atoms with Gasteiger partial charge in [0.15, 0.2) is 6.10 Å². The number of aliphatic hydroxyl groups excluding tert-OH is 1. The fourth-order valence-electron chi connectivity index (χ4n) is 3.23. The Hall–Kier alpha value is -3.64. The smallest absolute Gasteiger partial charge is 0.351 e. The second kappa shape index (κ2) is 11.7. The second-order valence-corrected chi connectivity index (χ2v) is 7.38.